The second kappa shape index (κ2) is 3.56. The van der Waals surface area contributed by atoms with Gasteiger partial charge in [0.25, 0.3) is 0 Å². The van der Waals surface area contributed by atoms with Gasteiger partial charge in [-0.25, -0.2) is 0 Å². The molecule has 3 heteroatoms. The van der Waals surface area contributed by atoms with Crippen molar-refractivity contribution >= 4 is 15.9 Å². The van der Waals surface area contributed by atoms with Crippen molar-refractivity contribution in [3.8, 4) is 0 Å². The summed E-state index contributed by atoms with van der Waals surface area (Å²) in [6, 6.07) is 7.63. The van der Waals surface area contributed by atoms with Gasteiger partial charge in [0.1, 0.15) is 0 Å². The van der Waals surface area contributed by atoms with Crippen LogP contribution in [0.25, 0.3) is 0 Å². The number of hydrogen-bond acceptors (Lipinski definition) is 2. The van der Waals surface area contributed by atoms with Gasteiger partial charge in [-0.15, -0.1) is 0 Å². The largest absolute Gasteiger partial charge is 0.394 e. The van der Waals surface area contributed by atoms with Crippen LogP contribution in [0.15, 0.2) is 28.7 Å². The molecule has 0 aliphatic rings. The number of rotatable bonds is 2. The van der Waals surface area contributed by atoms with Gasteiger partial charge in [0.2, 0.25) is 0 Å². The molecule has 2 nitrogen and oxygen atoms in total. The quantitative estimate of drug-likeness (QED) is 0.810. The summed E-state index contributed by atoms with van der Waals surface area (Å²) in [6.45, 7) is 1.75. The van der Waals surface area contributed by atoms with E-state index in [4.69, 9.17) is 10.8 Å². The van der Waals surface area contributed by atoms with Gasteiger partial charge in [0, 0.05) is 4.47 Å². The summed E-state index contributed by atoms with van der Waals surface area (Å²) in [5, 5.41) is 8.98. The maximum atomic E-state index is 8.98. The van der Waals surface area contributed by atoms with Gasteiger partial charge in [0.15, 0.2) is 0 Å². The van der Waals surface area contributed by atoms with E-state index in [1.807, 2.05) is 24.3 Å². The van der Waals surface area contributed by atoms with E-state index in [0.29, 0.717) is 0 Å². The minimum Gasteiger partial charge on any atom is -0.394 e. The van der Waals surface area contributed by atoms with Crippen LogP contribution in [-0.4, -0.2) is 11.7 Å². The van der Waals surface area contributed by atoms with Crippen LogP contribution in [0, 0.1) is 0 Å². The maximum absolute atomic E-state index is 8.98. The zero-order chi connectivity index (χ0) is 9.19. The van der Waals surface area contributed by atoms with E-state index in [-0.39, 0.29) is 6.61 Å². The minimum absolute atomic E-state index is 0.0470. The Labute approximate surface area is 80.5 Å². The Morgan fingerprint density at radius 1 is 1.42 bits per heavy atom. The number of halogens is 1. The van der Waals surface area contributed by atoms with Crippen molar-refractivity contribution in [1.29, 1.82) is 0 Å². The van der Waals surface area contributed by atoms with Crippen molar-refractivity contribution < 1.29 is 5.11 Å². The van der Waals surface area contributed by atoms with Crippen LogP contribution in [0.1, 0.15) is 12.5 Å². The van der Waals surface area contributed by atoms with Gasteiger partial charge in [-0.3, -0.25) is 0 Å². The highest BCUT2D eigenvalue weighted by Crippen LogP contribution is 2.19. The number of aliphatic hydroxyl groups is 1. The molecular weight excluding hydrogens is 218 g/mol. The fourth-order valence-electron chi connectivity index (χ4n) is 0.922. The average Bonchev–Trinajstić information content (AvgIpc) is 2.05. The first-order valence-electron chi connectivity index (χ1n) is 3.72. The lowest BCUT2D eigenvalue weighted by molar-refractivity contribution is 0.210. The molecule has 0 spiro atoms. The molecule has 0 saturated carbocycles. The van der Waals surface area contributed by atoms with Crippen LogP contribution in [-0.2, 0) is 5.54 Å². The smallest absolute Gasteiger partial charge is 0.0650 e. The molecule has 1 aromatic rings. The van der Waals surface area contributed by atoms with Crippen molar-refractivity contribution in [3.05, 3.63) is 34.3 Å². The molecule has 3 N–H and O–H groups in total. The minimum atomic E-state index is -0.638. The first kappa shape index (κ1) is 9.71. The van der Waals surface area contributed by atoms with Crippen LogP contribution in [0.4, 0.5) is 0 Å². The van der Waals surface area contributed by atoms with Crippen molar-refractivity contribution in [1.82, 2.24) is 0 Å². The normalized spacial score (nSPS) is 15.7. The fourth-order valence-corrected chi connectivity index (χ4v) is 1.19. The molecule has 1 rings (SSSR count). The lowest BCUT2D eigenvalue weighted by Gasteiger charge is -2.21. The van der Waals surface area contributed by atoms with Gasteiger partial charge in [-0.05, 0) is 24.6 Å². The van der Waals surface area contributed by atoms with Gasteiger partial charge in [-0.1, -0.05) is 28.1 Å². The standard InChI is InChI=1S/C9H12BrNO/c1-9(11,6-12)7-2-4-8(10)5-3-7/h2-5,12H,6,11H2,1H3. The Hall–Kier alpha value is -0.380. The van der Waals surface area contributed by atoms with E-state index >= 15 is 0 Å². The molecule has 12 heavy (non-hydrogen) atoms. The third-order valence-corrected chi connectivity index (χ3v) is 2.36. The van der Waals surface area contributed by atoms with Crippen LogP contribution < -0.4 is 5.73 Å². The third kappa shape index (κ3) is 2.06. The molecule has 0 bridgehead atoms. The summed E-state index contributed by atoms with van der Waals surface area (Å²) in [4.78, 5) is 0. The lowest BCUT2D eigenvalue weighted by Crippen LogP contribution is -2.36. The molecule has 1 unspecified atom stereocenters. The highest BCUT2D eigenvalue weighted by molar-refractivity contribution is 9.10. The topological polar surface area (TPSA) is 46.2 Å². The number of aliphatic hydroxyl groups excluding tert-OH is 1. The van der Waals surface area contributed by atoms with E-state index in [2.05, 4.69) is 15.9 Å². The molecular formula is C9H12BrNO. The highest BCUT2D eigenvalue weighted by atomic mass is 79.9. The van der Waals surface area contributed by atoms with Gasteiger partial charge in [-0.2, -0.15) is 0 Å². The van der Waals surface area contributed by atoms with E-state index in [1.165, 1.54) is 0 Å². The zero-order valence-electron chi connectivity index (χ0n) is 6.92. The van der Waals surface area contributed by atoms with E-state index in [9.17, 15) is 0 Å². The molecule has 0 aliphatic carbocycles. The second-order valence-corrected chi connectivity index (χ2v) is 4.00. The predicted molar refractivity (Wildman–Crippen MR) is 52.8 cm³/mol. The highest BCUT2D eigenvalue weighted by Gasteiger charge is 2.18. The Morgan fingerprint density at radius 3 is 2.33 bits per heavy atom. The first-order valence-corrected chi connectivity index (χ1v) is 4.51. The summed E-state index contributed by atoms with van der Waals surface area (Å²) in [5.41, 5.74) is 6.12. The van der Waals surface area contributed by atoms with Gasteiger partial charge < -0.3 is 10.8 Å². The van der Waals surface area contributed by atoms with Crippen molar-refractivity contribution in [2.45, 2.75) is 12.5 Å². The third-order valence-electron chi connectivity index (χ3n) is 1.83. The Balaban J connectivity index is 2.96. The van der Waals surface area contributed by atoms with Crippen LogP contribution in [0.3, 0.4) is 0 Å². The van der Waals surface area contributed by atoms with E-state index in [1.54, 1.807) is 6.92 Å². The fraction of sp³-hybridized carbons (Fsp3) is 0.333. The van der Waals surface area contributed by atoms with Crippen LogP contribution in [0.5, 0.6) is 0 Å². The van der Waals surface area contributed by atoms with Crippen LogP contribution in [0.2, 0.25) is 0 Å². The molecule has 0 amide bonds. The van der Waals surface area contributed by atoms with Gasteiger partial charge >= 0.3 is 0 Å². The SMILES string of the molecule is CC(N)(CO)c1ccc(Br)cc1. The lowest BCUT2D eigenvalue weighted by atomic mass is 9.95. The molecule has 0 fully saturated rings. The summed E-state index contributed by atoms with van der Waals surface area (Å²) >= 11 is 3.33. The predicted octanol–water partition coefficient (Wildman–Crippen LogP) is 1.62. The summed E-state index contributed by atoms with van der Waals surface area (Å²) in [5.74, 6) is 0. The average molecular weight is 230 g/mol. The Morgan fingerprint density at radius 2 is 1.92 bits per heavy atom. The molecule has 66 valence electrons. The number of hydrogen-bond donors (Lipinski definition) is 2. The number of nitrogens with two attached hydrogens (primary N) is 1. The van der Waals surface area contributed by atoms with E-state index < -0.39 is 5.54 Å². The van der Waals surface area contributed by atoms with E-state index in [0.717, 1.165) is 10.0 Å². The maximum Gasteiger partial charge on any atom is 0.0650 e. The molecule has 0 saturated heterocycles. The molecule has 1 aromatic carbocycles. The molecule has 1 atom stereocenters. The second-order valence-electron chi connectivity index (χ2n) is 3.08. The van der Waals surface area contributed by atoms with Crippen molar-refractivity contribution in [3.63, 3.8) is 0 Å². The van der Waals surface area contributed by atoms with Gasteiger partial charge in [0.05, 0.1) is 12.1 Å². The zero-order valence-corrected chi connectivity index (χ0v) is 8.51. The Kier molecular flexibility index (Phi) is 2.88. The summed E-state index contributed by atoms with van der Waals surface area (Å²) in [7, 11) is 0. The van der Waals surface area contributed by atoms with Crippen molar-refractivity contribution in [2.75, 3.05) is 6.61 Å². The molecule has 0 aromatic heterocycles. The monoisotopic (exact) mass is 229 g/mol. The first-order chi connectivity index (χ1) is 5.56. The molecule has 0 radical (unpaired) electrons. The molecule has 0 aliphatic heterocycles. The van der Waals surface area contributed by atoms with Crippen molar-refractivity contribution in [2.24, 2.45) is 5.73 Å². The summed E-state index contributed by atoms with van der Waals surface area (Å²) in [6.07, 6.45) is 0. The van der Waals surface area contributed by atoms with Crippen LogP contribution >= 0.6 is 15.9 Å². The number of benzene rings is 1. The molecule has 0 heterocycles. The Bertz CT molecular complexity index is 256. The summed E-state index contributed by atoms with van der Waals surface area (Å²) < 4.78 is 1.01.